The first kappa shape index (κ1) is 51.3. The molecule has 0 aliphatic carbocycles. The van der Waals surface area contributed by atoms with E-state index in [9.17, 15) is 36.9 Å². The first-order valence-electron chi connectivity index (χ1n) is 19.1. The van der Waals surface area contributed by atoms with Gasteiger partial charge in [0.15, 0.2) is 16.1 Å². The Balaban J connectivity index is 0.00000225. The van der Waals surface area contributed by atoms with E-state index in [-0.39, 0.29) is 86.9 Å². The minimum absolute atomic E-state index is 0. The van der Waals surface area contributed by atoms with Crippen LogP contribution in [-0.2, 0) is 45.9 Å². The average molecular weight is 892 g/mol. The summed E-state index contributed by atoms with van der Waals surface area (Å²) in [5.41, 5.74) is 1.54. The summed E-state index contributed by atoms with van der Waals surface area (Å²) >= 11 is 0. The van der Waals surface area contributed by atoms with Crippen molar-refractivity contribution in [2.75, 3.05) is 43.3 Å². The SMILES string of the molecule is CCC(C)[C@@]1(c2cccc(NC(=O)N[C@@H]3O[C@H](COS(=O)(=O)O)[C@@H](O)[C@H](OCc4ccccc4)[C@H]3O)c2)c2cc(N(C)C)ccc2S(=O)(=O)C[C@@H](CC)[C@H]1O.CCO.[KH]. The Morgan fingerprint density at radius 1 is 1.00 bits per heavy atom. The van der Waals surface area contributed by atoms with E-state index in [2.05, 4.69) is 14.8 Å². The number of aliphatic hydroxyl groups is 4. The number of carbonyl (C=O) groups is 1. The van der Waals surface area contributed by atoms with Crippen LogP contribution in [0.2, 0.25) is 0 Å². The molecule has 16 nitrogen and oxygen atoms in total. The van der Waals surface area contributed by atoms with Crippen LogP contribution >= 0.6 is 0 Å². The molecule has 2 aliphatic rings. The first-order chi connectivity index (χ1) is 27.3. The molecule has 7 N–H and O–H groups in total. The molecule has 3 aromatic carbocycles. The molecule has 2 heterocycles. The van der Waals surface area contributed by atoms with Gasteiger partial charge in [-0.3, -0.25) is 4.55 Å². The van der Waals surface area contributed by atoms with Gasteiger partial charge >= 0.3 is 67.8 Å². The van der Waals surface area contributed by atoms with Crippen molar-refractivity contribution in [1.29, 1.82) is 0 Å². The fraction of sp³-hybridized carbons (Fsp3) is 0.525. The number of hydrogen-bond donors (Lipinski definition) is 7. The van der Waals surface area contributed by atoms with Gasteiger partial charge in [-0.25, -0.2) is 17.4 Å². The normalized spacial score (nSPS) is 26.7. The number of benzene rings is 3. The Kier molecular flexibility index (Phi) is 19.4. The van der Waals surface area contributed by atoms with Crippen molar-refractivity contribution >= 4 is 89.0 Å². The first-order valence-corrected chi connectivity index (χ1v) is 22.2. The summed E-state index contributed by atoms with van der Waals surface area (Å²) in [6.45, 7) is 6.82. The molecule has 0 aromatic heterocycles. The zero-order chi connectivity index (χ0) is 43.0. The maximum atomic E-state index is 13.9. The third-order valence-corrected chi connectivity index (χ3v) is 13.1. The number of aliphatic hydroxyl groups excluding tert-OH is 4. The number of hydrogen-bond acceptors (Lipinski definition) is 13. The number of amides is 2. The third-order valence-electron chi connectivity index (χ3n) is 10.7. The van der Waals surface area contributed by atoms with Crippen LogP contribution in [0.1, 0.15) is 57.2 Å². The Hall–Kier alpha value is -2.05. The minimum atomic E-state index is -4.93. The number of nitrogens with one attached hydrogen (secondary N) is 2. The van der Waals surface area contributed by atoms with Gasteiger partial charge in [-0.2, -0.15) is 8.42 Å². The van der Waals surface area contributed by atoms with Crippen LogP contribution in [0, 0.1) is 11.8 Å². The van der Waals surface area contributed by atoms with Crippen molar-refractivity contribution in [3.63, 3.8) is 0 Å². The van der Waals surface area contributed by atoms with E-state index in [1.165, 1.54) is 0 Å². The molecule has 2 amide bonds. The van der Waals surface area contributed by atoms with E-state index in [0.29, 0.717) is 29.5 Å². The second-order valence-electron chi connectivity index (χ2n) is 14.7. The molecule has 2 aliphatic heterocycles. The van der Waals surface area contributed by atoms with Gasteiger partial charge in [-0.1, -0.05) is 69.7 Å². The molecule has 0 radical (unpaired) electrons. The van der Waals surface area contributed by atoms with Gasteiger partial charge in [0, 0.05) is 38.0 Å². The molecule has 0 bridgehead atoms. The van der Waals surface area contributed by atoms with Crippen molar-refractivity contribution in [1.82, 2.24) is 5.32 Å². The summed E-state index contributed by atoms with van der Waals surface area (Å²) in [6.07, 6.45) is -7.84. The van der Waals surface area contributed by atoms with Crippen LogP contribution in [0.25, 0.3) is 0 Å². The zero-order valence-electron chi connectivity index (χ0n) is 33.6. The number of sulfone groups is 1. The Morgan fingerprint density at radius 2 is 1.66 bits per heavy atom. The summed E-state index contributed by atoms with van der Waals surface area (Å²) in [6, 6.07) is 20.0. The summed E-state index contributed by atoms with van der Waals surface area (Å²) in [5, 5.41) is 47.4. The van der Waals surface area contributed by atoms with Crippen molar-refractivity contribution < 1.29 is 60.3 Å². The molecule has 324 valence electrons. The van der Waals surface area contributed by atoms with E-state index in [4.69, 9.17) is 19.1 Å². The zero-order valence-corrected chi connectivity index (χ0v) is 35.2. The Morgan fingerprint density at radius 3 is 2.25 bits per heavy atom. The van der Waals surface area contributed by atoms with Gasteiger partial charge in [-0.05, 0) is 66.3 Å². The van der Waals surface area contributed by atoms with Crippen molar-refractivity contribution in [2.24, 2.45) is 11.8 Å². The van der Waals surface area contributed by atoms with Crippen LogP contribution in [0.15, 0.2) is 77.7 Å². The number of urea groups is 1. The van der Waals surface area contributed by atoms with Crippen LogP contribution < -0.4 is 15.5 Å². The maximum absolute atomic E-state index is 13.9. The van der Waals surface area contributed by atoms with Crippen LogP contribution in [0.5, 0.6) is 0 Å². The number of carbonyl (C=O) groups excluding carboxylic acids is 1. The van der Waals surface area contributed by atoms with Gasteiger partial charge in [-0.15, -0.1) is 0 Å². The van der Waals surface area contributed by atoms with E-state index < -0.39 is 81.0 Å². The molecule has 59 heavy (non-hydrogen) atoms. The molecule has 1 saturated heterocycles. The number of nitrogens with zero attached hydrogens (tertiary/aromatic N) is 1. The number of anilines is 2. The predicted molar refractivity (Wildman–Crippen MR) is 225 cm³/mol. The molecule has 3 aromatic rings. The molecule has 0 spiro atoms. The summed E-state index contributed by atoms with van der Waals surface area (Å²) in [5.74, 6) is -1.12. The van der Waals surface area contributed by atoms with E-state index in [0.717, 1.165) is 5.69 Å². The van der Waals surface area contributed by atoms with Crippen LogP contribution in [0.4, 0.5) is 16.2 Å². The van der Waals surface area contributed by atoms with E-state index in [1.54, 1.807) is 73.7 Å². The fourth-order valence-corrected chi connectivity index (χ4v) is 9.98. The number of rotatable bonds is 13. The number of fused-ring (bicyclic) bond motifs is 1. The molecule has 0 saturated carbocycles. The van der Waals surface area contributed by atoms with Crippen LogP contribution in [-0.4, -0.2) is 169 Å². The van der Waals surface area contributed by atoms with Gasteiger partial charge in [0.2, 0.25) is 0 Å². The van der Waals surface area contributed by atoms with Gasteiger partial charge in [0.1, 0.15) is 24.4 Å². The van der Waals surface area contributed by atoms with Crippen LogP contribution in [0.3, 0.4) is 0 Å². The molecule has 1 fully saturated rings. The molecular weight excluding hydrogens is 834 g/mol. The van der Waals surface area contributed by atoms with Crippen molar-refractivity contribution in [2.45, 2.75) is 94.2 Å². The Bertz CT molecular complexity index is 2050. The monoisotopic (exact) mass is 891 g/mol. The predicted octanol–water partition coefficient (Wildman–Crippen LogP) is 2.58. The van der Waals surface area contributed by atoms with Gasteiger partial charge < -0.3 is 45.4 Å². The summed E-state index contributed by atoms with van der Waals surface area (Å²) in [7, 11) is -5.05. The molecule has 5 rings (SSSR count). The van der Waals surface area contributed by atoms with Crippen molar-refractivity contribution in [3.05, 3.63) is 89.5 Å². The van der Waals surface area contributed by atoms with Crippen molar-refractivity contribution in [3.8, 4) is 0 Å². The summed E-state index contributed by atoms with van der Waals surface area (Å²) in [4.78, 5) is 15.6. The second kappa shape index (κ2) is 22.3. The third kappa shape index (κ3) is 12.3. The van der Waals surface area contributed by atoms with Gasteiger partial charge in [0.25, 0.3) is 0 Å². The number of ether oxygens (including phenoxy) is 2. The fourth-order valence-electron chi connectivity index (χ4n) is 7.68. The quantitative estimate of drug-likeness (QED) is 0.0965. The standard InChI is InChI=1S/C38H51N3O12S2.C2H6O.K.H/c1-6-23(3)38(29-19-28(41(4)5)16-17-31(29)54(46,47)22-25(7-2)35(38)44)26-14-11-15-27(18-26)39-37(45)40-36-33(43)34(51-20-24-12-9-8-10-13-24)32(42)30(53-36)21-52-55(48,49)50;1-2-3;;/h8-19,23,25,30,32-36,42-44H,6-7,20-22H2,1-5H3,(H2,39,40,45)(H,48,49,50);3H,2H2,1H3;;/t23?,25-,30-,32-,33-,34+,35-,36-,38-;;;/m1.../s1. The Labute approximate surface area is 389 Å². The van der Waals surface area contributed by atoms with Gasteiger partial charge in [0.05, 0.1) is 35.4 Å². The van der Waals surface area contributed by atoms with E-state index in [1.807, 2.05) is 45.8 Å². The molecular formula is C40H58KN3O13S2. The second-order valence-corrected chi connectivity index (χ2v) is 17.8. The average Bonchev–Trinajstić information content (AvgIpc) is 3.25. The topological polar surface area (TPSA) is 241 Å². The molecule has 19 heteroatoms. The summed E-state index contributed by atoms with van der Waals surface area (Å²) < 4.78 is 75.6. The van der Waals surface area contributed by atoms with E-state index >= 15 is 0 Å². The molecule has 1 unspecified atom stereocenters. The molecule has 9 atom stereocenters.